The highest BCUT2D eigenvalue weighted by atomic mass is 16.6. The Hall–Kier alpha value is -3.32. The lowest BCUT2D eigenvalue weighted by molar-refractivity contribution is 0.0439. The summed E-state index contributed by atoms with van der Waals surface area (Å²) in [4.78, 5) is 25.1. The van der Waals surface area contributed by atoms with E-state index in [2.05, 4.69) is 0 Å². The number of furan rings is 1. The maximum atomic E-state index is 12.6. The molecular weight excluding hydrogens is 376 g/mol. The molecule has 0 fully saturated rings. The van der Waals surface area contributed by atoms with E-state index < -0.39 is 12.6 Å². The van der Waals surface area contributed by atoms with Crippen molar-refractivity contribution in [1.29, 1.82) is 0 Å². The number of rotatable bonds is 7. The number of ketones is 1. The number of carbonyl (C=O) groups excluding carboxylic acids is 2. The number of para-hydroxylation sites is 1. The lowest BCUT2D eigenvalue weighted by Gasteiger charge is -2.18. The fourth-order valence-electron chi connectivity index (χ4n) is 3.11. The molecule has 0 radical (unpaired) electrons. The first kappa shape index (κ1) is 19.0. The Balaban J connectivity index is 1.49. The number of Topliss-reactive ketones (excluding diaryl/α,β-unsaturated/α-hetero) is 1. The van der Waals surface area contributed by atoms with Crippen molar-refractivity contribution in [2.75, 3.05) is 26.4 Å². The molecule has 4 rings (SSSR count). The van der Waals surface area contributed by atoms with Crippen LogP contribution in [0.3, 0.4) is 0 Å². The first-order valence-electron chi connectivity index (χ1n) is 9.35. The predicted octanol–water partition coefficient (Wildman–Crippen LogP) is 3.78. The lowest BCUT2D eigenvalue weighted by atomic mass is 10.1. The molecule has 1 aliphatic rings. The fraction of sp³-hybridized carbons (Fsp3) is 0.273. The zero-order valence-corrected chi connectivity index (χ0v) is 15.9. The minimum absolute atomic E-state index is 0.0506. The number of benzene rings is 2. The van der Waals surface area contributed by atoms with E-state index in [1.54, 1.807) is 24.3 Å². The molecule has 7 heteroatoms. The number of ether oxygens (including phenoxy) is 4. The Morgan fingerprint density at radius 1 is 1.03 bits per heavy atom. The van der Waals surface area contributed by atoms with Crippen molar-refractivity contribution in [2.45, 2.75) is 13.5 Å². The second kappa shape index (κ2) is 8.36. The number of fused-ring (bicyclic) bond motifs is 2. The monoisotopic (exact) mass is 396 g/mol. The highest BCUT2D eigenvalue weighted by Gasteiger charge is 2.23. The smallest absolute Gasteiger partial charge is 0.375 e. The molecule has 0 unspecified atom stereocenters. The highest BCUT2D eigenvalue weighted by Crippen LogP contribution is 2.31. The van der Waals surface area contributed by atoms with E-state index in [0.29, 0.717) is 48.0 Å². The van der Waals surface area contributed by atoms with Gasteiger partial charge in [-0.3, -0.25) is 4.79 Å². The van der Waals surface area contributed by atoms with Crippen molar-refractivity contribution < 1.29 is 33.0 Å². The Bertz CT molecular complexity index is 1050. The molecule has 0 N–H and O–H groups in total. The first-order valence-corrected chi connectivity index (χ1v) is 9.35. The minimum Gasteiger partial charge on any atom is -0.486 e. The van der Waals surface area contributed by atoms with E-state index >= 15 is 0 Å². The SMILES string of the molecule is CCOCc1c(C(=O)OCC(=O)c2ccc3c(c2)OCCO3)oc2ccccc12. The van der Waals surface area contributed by atoms with Gasteiger partial charge in [-0.2, -0.15) is 0 Å². The van der Waals surface area contributed by atoms with Gasteiger partial charge in [0.1, 0.15) is 18.8 Å². The Morgan fingerprint density at radius 3 is 2.66 bits per heavy atom. The lowest BCUT2D eigenvalue weighted by Crippen LogP contribution is -2.17. The van der Waals surface area contributed by atoms with Crippen LogP contribution in [0, 0.1) is 0 Å². The predicted molar refractivity (Wildman–Crippen MR) is 104 cm³/mol. The molecule has 0 amide bonds. The summed E-state index contributed by atoms with van der Waals surface area (Å²) in [5.74, 6) is 0.0894. The minimum atomic E-state index is -0.707. The van der Waals surface area contributed by atoms with E-state index in [1.165, 1.54) is 0 Å². The van der Waals surface area contributed by atoms with Crippen molar-refractivity contribution in [3.63, 3.8) is 0 Å². The van der Waals surface area contributed by atoms with Crippen LogP contribution in [0.25, 0.3) is 11.0 Å². The molecule has 0 saturated carbocycles. The van der Waals surface area contributed by atoms with Crippen LogP contribution >= 0.6 is 0 Å². The van der Waals surface area contributed by atoms with E-state index in [0.717, 1.165) is 5.39 Å². The van der Waals surface area contributed by atoms with Crippen LogP contribution in [0.1, 0.15) is 33.4 Å². The molecule has 1 aliphatic heterocycles. The molecule has 2 aromatic carbocycles. The topological polar surface area (TPSA) is 84.2 Å². The number of esters is 1. The van der Waals surface area contributed by atoms with Gasteiger partial charge in [0.25, 0.3) is 0 Å². The van der Waals surface area contributed by atoms with Crippen LogP contribution in [0.2, 0.25) is 0 Å². The second-order valence-corrected chi connectivity index (χ2v) is 6.40. The Morgan fingerprint density at radius 2 is 1.83 bits per heavy atom. The number of carbonyl (C=O) groups is 2. The zero-order valence-electron chi connectivity index (χ0n) is 15.9. The van der Waals surface area contributed by atoms with Gasteiger partial charge in [0.15, 0.2) is 23.9 Å². The van der Waals surface area contributed by atoms with Crippen molar-refractivity contribution in [3.8, 4) is 11.5 Å². The van der Waals surface area contributed by atoms with Crippen LogP contribution in [-0.4, -0.2) is 38.2 Å². The Labute approximate surface area is 167 Å². The molecular formula is C22H20O7. The van der Waals surface area contributed by atoms with Crippen LogP contribution in [0.5, 0.6) is 11.5 Å². The molecule has 29 heavy (non-hydrogen) atoms. The van der Waals surface area contributed by atoms with Crippen LogP contribution < -0.4 is 9.47 Å². The van der Waals surface area contributed by atoms with Gasteiger partial charge in [-0.15, -0.1) is 0 Å². The number of hydrogen-bond acceptors (Lipinski definition) is 7. The molecule has 7 nitrogen and oxygen atoms in total. The summed E-state index contributed by atoms with van der Waals surface area (Å²) in [6.45, 7) is 3.06. The van der Waals surface area contributed by atoms with Crippen LogP contribution in [0.4, 0.5) is 0 Å². The average Bonchev–Trinajstić information content (AvgIpc) is 3.14. The summed E-state index contributed by atoms with van der Waals surface area (Å²) in [6, 6.07) is 12.2. The maximum absolute atomic E-state index is 12.6. The quantitative estimate of drug-likeness (QED) is 0.444. The fourth-order valence-corrected chi connectivity index (χ4v) is 3.11. The standard InChI is InChI=1S/C22H20O7/c1-2-25-12-16-15-5-3-4-6-18(15)29-21(16)22(24)28-13-17(23)14-7-8-19-20(11-14)27-10-9-26-19/h3-8,11H,2,9-10,12-13H2,1H3. The van der Waals surface area contributed by atoms with E-state index in [-0.39, 0.29) is 18.2 Å². The highest BCUT2D eigenvalue weighted by molar-refractivity contribution is 6.01. The molecule has 3 aromatic rings. The average molecular weight is 396 g/mol. The molecule has 0 saturated heterocycles. The molecule has 150 valence electrons. The molecule has 0 bridgehead atoms. The third-order valence-corrected chi connectivity index (χ3v) is 4.53. The molecule has 1 aromatic heterocycles. The van der Waals surface area contributed by atoms with Gasteiger partial charge in [0.2, 0.25) is 5.76 Å². The van der Waals surface area contributed by atoms with Gasteiger partial charge >= 0.3 is 5.97 Å². The normalized spacial score (nSPS) is 12.7. The molecule has 0 atom stereocenters. The molecule has 2 heterocycles. The zero-order chi connectivity index (χ0) is 20.2. The second-order valence-electron chi connectivity index (χ2n) is 6.40. The van der Waals surface area contributed by atoms with Crippen molar-refractivity contribution >= 4 is 22.7 Å². The van der Waals surface area contributed by atoms with E-state index in [1.807, 2.05) is 25.1 Å². The van der Waals surface area contributed by atoms with Gasteiger partial charge in [0, 0.05) is 23.1 Å². The number of hydrogen-bond donors (Lipinski definition) is 0. The van der Waals surface area contributed by atoms with Gasteiger partial charge in [-0.05, 0) is 31.2 Å². The van der Waals surface area contributed by atoms with E-state index in [4.69, 9.17) is 23.4 Å². The molecule has 0 aliphatic carbocycles. The van der Waals surface area contributed by atoms with Gasteiger partial charge in [0.05, 0.1) is 6.61 Å². The van der Waals surface area contributed by atoms with E-state index in [9.17, 15) is 9.59 Å². The van der Waals surface area contributed by atoms with Gasteiger partial charge in [-0.25, -0.2) is 4.79 Å². The maximum Gasteiger partial charge on any atom is 0.375 e. The first-order chi connectivity index (χ1) is 14.2. The summed E-state index contributed by atoms with van der Waals surface area (Å²) >= 11 is 0. The summed E-state index contributed by atoms with van der Waals surface area (Å²) in [6.07, 6.45) is 0. The summed E-state index contributed by atoms with van der Waals surface area (Å²) in [7, 11) is 0. The third-order valence-electron chi connectivity index (χ3n) is 4.53. The van der Waals surface area contributed by atoms with Gasteiger partial charge < -0.3 is 23.4 Å². The summed E-state index contributed by atoms with van der Waals surface area (Å²) in [5.41, 5.74) is 1.55. The van der Waals surface area contributed by atoms with Crippen molar-refractivity contribution in [1.82, 2.24) is 0 Å². The summed E-state index contributed by atoms with van der Waals surface area (Å²) in [5, 5.41) is 0.783. The van der Waals surface area contributed by atoms with Crippen molar-refractivity contribution in [3.05, 3.63) is 59.4 Å². The van der Waals surface area contributed by atoms with Crippen LogP contribution in [0.15, 0.2) is 46.9 Å². The largest absolute Gasteiger partial charge is 0.486 e. The third kappa shape index (κ3) is 3.95. The van der Waals surface area contributed by atoms with Crippen molar-refractivity contribution in [2.24, 2.45) is 0 Å². The van der Waals surface area contributed by atoms with Crippen LogP contribution in [-0.2, 0) is 16.1 Å². The molecule has 0 spiro atoms. The summed E-state index contributed by atoms with van der Waals surface area (Å²) < 4.78 is 27.3. The van der Waals surface area contributed by atoms with Gasteiger partial charge in [-0.1, -0.05) is 18.2 Å². The Kier molecular flexibility index (Phi) is 5.48.